The average molecular weight is 489 g/mol. The van der Waals surface area contributed by atoms with Gasteiger partial charge in [0, 0.05) is 27.7 Å². The molecule has 1 aromatic heterocycles. The molecule has 1 atom stereocenters. The van der Waals surface area contributed by atoms with Crippen LogP contribution in [0.4, 0.5) is 0 Å². The van der Waals surface area contributed by atoms with Gasteiger partial charge in [-0.25, -0.2) is 8.42 Å². The van der Waals surface area contributed by atoms with Crippen molar-refractivity contribution in [2.75, 3.05) is 11.5 Å². The summed E-state index contributed by atoms with van der Waals surface area (Å²) in [6.45, 7) is 0.248. The fourth-order valence-corrected chi connectivity index (χ4v) is 7.41. The van der Waals surface area contributed by atoms with Gasteiger partial charge < -0.3 is 4.90 Å². The van der Waals surface area contributed by atoms with E-state index >= 15 is 0 Å². The number of hydrogen-bond acceptors (Lipinski definition) is 4. The molecule has 0 spiro atoms. The number of carbonyl (C=O) groups excluding carboxylic acids is 1. The number of rotatable bonds is 4. The molecule has 0 aliphatic carbocycles. The summed E-state index contributed by atoms with van der Waals surface area (Å²) in [6.07, 6.45) is 0.401. The number of sulfone groups is 1. The van der Waals surface area contributed by atoms with Crippen LogP contribution >= 0.6 is 46.1 Å². The van der Waals surface area contributed by atoms with Crippen molar-refractivity contribution < 1.29 is 13.2 Å². The highest BCUT2D eigenvalue weighted by Gasteiger charge is 2.36. The van der Waals surface area contributed by atoms with Crippen molar-refractivity contribution in [2.45, 2.75) is 19.0 Å². The molecule has 1 saturated heterocycles. The van der Waals surface area contributed by atoms with Gasteiger partial charge in [0.25, 0.3) is 5.91 Å². The van der Waals surface area contributed by atoms with Crippen molar-refractivity contribution in [3.63, 3.8) is 0 Å². The SMILES string of the molecule is O=C(c1sc2cccc(Cl)c2c1Cl)N(Cc1cccc(Cl)c1)C1CCS(=O)(=O)C1. The Morgan fingerprint density at radius 3 is 2.55 bits per heavy atom. The Balaban J connectivity index is 1.75. The molecule has 4 nitrogen and oxygen atoms in total. The maximum Gasteiger partial charge on any atom is 0.266 e. The predicted octanol–water partition coefficient (Wildman–Crippen LogP) is 5.69. The van der Waals surface area contributed by atoms with Crippen LogP contribution in [0, 0.1) is 0 Å². The molecule has 1 aliphatic rings. The van der Waals surface area contributed by atoms with E-state index in [1.54, 1.807) is 35.2 Å². The van der Waals surface area contributed by atoms with Crippen LogP contribution in [0.1, 0.15) is 21.7 Å². The first-order chi connectivity index (χ1) is 13.7. The van der Waals surface area contributed by atoms with Gasteiger partial charge in [-0.1, -0.05) is 53.0 Å². The summed E-state index contributed by atoms with van der Waals surface area (Å²) in [4.78, 5) is 15.5. The van der Waals surface area contributed by atoms with Gasteiger partial charge in [0.2, 0.25) is 0 Å². The zero-order chi connectivity index (χ0) is 20.8. The summed E-state index contributed by atoms with van der Waals surface area (Å²) in [7, 11) is -3.17. The Kier molecular flexibility index (Phi) is 5.84. The highest BCUT2D eigenvalue weighted by atomic mass is 35.5. The van der Waals surface area contributed by atoms with Crippen LogP contribution in [-0.2, 0) is 16.4 Å². The quantitative estimate of drug-likeness (QED) is 0.474. The lowest BCUT2D eigenvalue weighted by Gasteiger charge is -2.28. The van der Waals surface area contributed by atoms with E-state index in [0.717, 1.165) is 10.3 Å². The minimum absolute atomic E-state index is 0.0530. The number of thiophene rings is 1. The molecule has 1 fully saturated rings. The Labute approximate surface area is 187 Å². The lowest BCUT2D eigenvalue weighted by molar-refractivity contribution is 0.0686. The highest BCUT2D eigenvalue weighted by molar-refractivity contribution is 7.91. The molecule has 3 aromatic rings. The number of benzene rings is 2. The molecule has 9 heteroatoms. The van der Waals surface area contributed by atoms with Crippen molar-refractivity contribution in [2.24, 2.45) is 0 Å². The number of hydrogen-bond donors (Lipinski definition) is 0. The van der Waals surface area contributed by atoms with Crippen LogP contribution in [0.5, 0.6) is 0 Å². The summed E-state index contributed by atoms with van der Waals surface area (Å²) in [5.74, 6) is -0.278. The van der Waals surface area contributed by atoms with Gasteiger partial charge in [0.05, 0.1) is 21.6 Å². The molecule has 2 aromatic carbocycles. The molecule has 0 bridgehead atoms. The van der Waals surface area contributed by atoms with E-state index in [2.05, 4.69) is 0 Å². The average Bonchev–Trinajstić information content (AvgIpc) is 3.19. The zero-order valence-corrected chi connectivity index (χ0v) is 19.0. The van der Waals surface area contributed by atoms with Crippen molar-refractivity contribution >= 4 is 72.0 Å². The second-order valence-corrected chi connectivity index (χ2v) is 11.5. The number of fused-ring (bicyclic) bond motifs is 1. The smallest absolute Gasteiger partial charge is 0.266 e. The molecule has 1 aliphatic heterocycles. The Morgan fingerprint density at radius 2 is 1.90 bits per heavy atom. The Hall–Kier alpha value is -1.31. The van der Waals surface area contributed by atoms with Crippen LogP contribution in [0.2, 0.25) is 15.1 Å². The topological polar surface area (TPSA) is 54.5 Å². The first-order valence-electron chi connectivity index (χ1n) is 8.87. The summed E-state index contributed by atoms with van der Waals surface area (Å²) in [5.41, 5.74) is 0.824. The van der Waals surface area contributed by atoms with Gasteiger partial charge in [-0.2, -0.15) is 0 Å². The summed E-state index contributed by atoms with van der Waals surface area (Å²) >= 11 is 20.2. The second-order valence-electron chi connectivity index (χ2n) is 6.98. The van der Waals surface area contributed by atoms with E-state index < -0.39 is 15.9 Å². The van der Waals surface area contributed by atoms with Gasteiger partial charge >= 0.3 is 0 Å². The van der Waals surface area contributed by atoms with Crippen LogP contribution in [-0.4, -0.2) is 36.8 Å². The molecular formula is C20H16Cl3NO3S2. The van der Waals surface area contributed by atoms with Gasteiger partial charge in [-0.15, -0.1) is 11.3 Å². The molecule has 0 saturated carbocycles. The van der Waals surface area contributed by atoms with Gasteiger partial charge in [0.15, 0.2) is 9.84 Å². The largest absolute Gasteiger partial charge is 0.330 e. The number of amides is 1. The third kappa shape index (κ3) is 4.28. The highest BCUT2D eigenvalue weighted by Crippen LogP contribution is 2.40. The van der Waals surface area contributed by atoms with E-state index in [9.17, 15) is 13.2 Å². The van der Waals surface area contributed by atoms with E-state index in [1.807, 2.05) is 12.1 Å². The molecule has 1 amide bonds. The fourth-order valence-electron chi connectivity index (χ4n) is 3.56. The van der Waals surface area contributed by atoms with Crippen LogP contribution in [0.3, 0.4) is 0 Å². The Bertz CT molecular complexity index is 1210. The maximum atomic E-state index is 13.5. The molecule has 4 rings (SSSR count). The third-order valence-corrected chi connectivity index (χ3v) is 8.89. The first-order valence-corrected chi connectivity index (χ1v) is 12.6. The molecule has 0 N–H and O–H groups in total. The minimum Gasteiger partial charge on any atom is -0.330 e. The van der Waals surface area contributed by atoms with Crippen molar-refractivity contribution in [1.29, 1.82) is 0 Å². The van der Waals surface area contributed by atoms with Gasteiger partial charge in [0.1, 0.15) is 4.88 Å². The lowest BCUT2D eigenvalue weighted by atomic mass is 10.1. The van der Waals surface area contributed by atoms with Crippen LogP contribution in [0.25, 0.3) is 10.1 Å². The molecule has 152 valence electrons. The van der Waals surface area contributed by atoms with E-state index in [0.29, 0.717) is 31.8 Å². The van der Waals surface area contributed by atoms with E-state index in [1.165, 1.54) is 11.3 Å². The molecule has 1 unspecified atom stereocenters. The predicted molar refractivity (Wildman–Crippen MR) is 120 cm³/mol. The van der Waals surface area contributed by atoms with Crippen molar-refractivity contribution in [1.82, 2.24) is 4.90 Å². The lowest BCUT2D eigenvalue weighted by Crippen LogP contribution is -2.40. The first kappa shape index (κ1) is 20.9. The summed E-state index contributed by atoms with van der Waals surface area (Å²) in [5, 5.41) is 1.98. The van der Waals surface area contributed by atoms with E-state index in [4.69, 9.17) is 34.8 Å². The summed E-state index contributed by atoms with van der Waals surface area (Å²) in [6, 6.07) is 12.2. The summed E-state index contributed by atoms with van der Waals surface area (Å²) < 4.78 is 24.9. The van der Waals surface area contributed by atoms with Crippen molar-refractivity contribution in [3.05, 3.63) is 68.0 Å². The number of carbonyl (C=O) groups is 1. The zero-order valence-electron chi connectivity index (χ0n) is 15.1. The standard InChI is InChI=1S/C20H16Cl3NO3S2/c21-13-4-1-3-12(9-13)10-24(14-7-8-29(26,27)11-14)20(25)19-18(23)17-15(22)5-2-6-16(17)28-19/h1-6,9,14H,7-8,10-11H2. The van der Waals surface area contributed by atoms with E-state index in [-0.39, 0.29) is 24.0 Å². The van der Waals surface area contributed by atoms with Gasteiger partial charge in [-0.3, -0.25) is 4.79 Å². The fraction of sp³-hybridized carbons (Fsp3) is 0.250. The monoisotopic (exact) mass is 487 g/mol. The number of halogens is 3. The minimum atomic E-state index is -3.17. The molecule has 2 heterocycles. The third-order valence-electron chi connectivity index (χ3n) is 4.95. The Morgan fingerprint density at radius 1 is 1.14 bits per heavy atom. The number of nitrogens with zero attached hydrogens (tertiary/aromatic N) is 1. The van der Waals surface area contributed by atoms with Gasteiger partial charge in [-0.05, 0) is 36.2 Å². The molecular weight excluding hydrogens is 473 g/mol. The van der Waals surface area contributed by atoms with Crippen LogP contribution in [0.15, 0.2) is 42.5 Å². The van der Waals surface area contributed by atoms with Crippen molar-refractivity contribution in [3.8, 4) is 0 Å². The normalized spacial score (nSPS) is 18.2. The maximum absolute atomic E-state index is 13.5. The van der Waals surface area contributed by atoms with Crippen LogP contribution < -0.4 is 0 Å². The molecule has 29 heavy (non-hydrogen) atoms. The molecule has 0 radical (unpaired) electrons. The second kappa shape index (κ2) is 8.08.